The van der Waals surface area contributed by atoms with Crippen LogP contribution in [0.15, 0.2) is 17.1 Å². The number of anilines is 1. The van der Waals surface area contributed by atoms with Crippen molar-refractivity contribution in [2.45, 2.75) is 31.8 Å². The molecule has 0 radical (unpaired) electrons. The van der Waals surface area contributed by atoms with Crippen molar-refractivity contribution in [1.29, 1.82) is 0 Å². The van der Waals surface area contributed by atoms with E-state index in [4.69, 9.17) is 5.11 Å². The van der Waals surface area contributed by atoms with Gasteiger partial charge in [0.2, 0.25) is 5.43 Å². The first-order valence-electron chi connectivity index (χ1n) is 7.91. The van der Waals surface area contributed by atoms with Gasteiger partial charge in [0.25, 0.3) is 0 Å². The summed E-state index contributed by atoms with van der Waals surface area (Å²) < 4.78 is 15.9. The second-order valence-corrected chi connectivity index (χ2v) is 6.26. The Morgan fingerprint density at radius 3 is 2.52 bits per heavy atom. The minimum Gasteiger partial charge on any atom is -0.480 e. The van der Waals surface area contributed by atoms with Gasteiger partial charge in [-0.05, 0) is 25.8 Å². The van der Waals surface area contributed by atoms with Crippen LogP contribution in [0.1, 0.15) is 36.2 Å². The van der Waals surface area contributed by atoms with Crippen LogP contribution in [-0.4, -0.2) is 37.7 Å². The van der Waals surface area contributed by atoms with Gasteiger partial charge in [-0.3, -0.25) is 19.7 Å². The summed E-state index contributed by atoms with van der Waals surface area (Å²) in [5, 5.41) is 31.7. The summed E-state index contributed by atoms with van der Waals surface area (Å²) in [6.07, 6.45) is 2.24. The van der Waals surface area contributed by atoms with Gasteiger partial charge in [0, 0.05) is 12.2 Å². The number of carboxylic acids is 2. The molecule has 1 aromatic carbocycles. The van der Waals surface area contributed by atoms with Crippen molar-refractivity contribution >= 4 is 34.2 Å². The van der Waals surface area contributed by atoms with Crippen LogP contribution in [0.2, 0.25) is 0 Å². The summed E-state index contributed by atoms with van der Waals surface area (Å²) in [5.41, 5.74) is -3.38. The number of halogens is 1. The number of rotatable bonds is 6. The molecule has 1 aromatic heterocycles. The third-order valence-electron chi connectivity index (χ3n) is 4.33. The Balaban J connectivity index is 2.43. The Morgan fingerprint density at radius 2 is 2.04 bits per heavy atom. The van der Waals surface area contributed by atoms with Gasteiger partial charge in [-0.15, -0.1) is 0 Å². The van der Waals surface area contributed by atoms with Gasteiger partial charge < -0.3 is 20.1 Å². The van der Waals surface area contributed by atoms with Crippen LogP contribution >= 0.6 is 0 Å². The van der Waals surface area contributed by atoms with E-state index in [1.54, 1.807) is 0 Å². The number of carboxylic acid groups (broad SMARTS) is 2. The molecule has 1 unspecified atom stereocenters. The number of nitro groups is 1. The van der Waals surface area contributed by atoms with Crippen molar-refractivity contribution in [1.82, 2.24) is 4.57 Å². The molecule has 0 aliphatic heterocycles. The molecular weight excluding hydrogens is 365 g/mol. The lowest BCUT2D eigenvalue weighted by atomic mass is 10.1. The van der Waals surface area contributed by atoms with Crippen LogP contribution in [0.5, 0.6) is 0 Å². The fraction of sp³-hybridized carbons (Fsp3) is 0.312. The molecule has 1 heterocycles. The highest BCUT2D eigenvalue weighted by atomic mass is 19.1. The fourth-order valence-corrected chi connectivity index (χ4v) is 2.85. The number of hydrogen-bond donors (Lipinski definition) is 3. The molecule has 11 heteroatoms. The number of nitrogens with one attached hydrogen (secondary N) is 1. The van der Waals surface area contributed by atoms with Gasteiger partial charge in [-0.1, -0.05) is 0 Å². The van der Waals surface area contributed by atoms with E-state index >= 15 is 0 Å². The number of fused-ring (bicyclic) bond motifs is 1. The van der Waals surface area contributed by atoms with Crippen molar-refractivity contribution in [2.24, 2.45) is 0 Å². The lowest BCUT2D eigenvalue weighted by Crippen LogP contribution is -2.27. The first kappa shape index (κ1) is 18.3. The largest absolute Gasteiger partial charge is 0.480 e. The number of aromatic carboxylic acids is 1. The monoisotopic (exact) mass is 379 g/mol. The Bertz CT molecular complexity index is 1060. The lowest BCUT2D eigenvalue weighted by Gasteiger charge is -2.16. The Morgan fingerprint density at radius 1 is 1.41 bits per heavy atom. The first-order valence-corrected chi connectivity index (χ1v) is 7.91. The molecule has 0 saturated heterocycles. The van der Waals surface area contributed by atoms with Crippen LogP contribution in [0.4, 0.5) is 15.8 Å². The standard InChI is InChI=1S/C16H14FN3O7/c1-6(15(22)23)18-11-10(17)4-8-12(13(11)20(26)27)19(7-2-3-7)5-9(14(8)21)16(24)25/h4-7,18H,2-3H2,1H3,(H,22,23)(H,24,25). The molecule has 27 heavy (non-hydrogen) atoms. The molecule has 10 nitrogen and oxygen atoms in total. The highest BCUT2D eigenvalue weighted by Gasteiger charge is 2.34. The van der Waals surface area contributed by atoms with E-state index < -0.39 is 56.5 Å². The number of nitro benzene ring substituents is 1. The average Bonchev–Trinajstić information content (AvgIpc) is 3.40. The topological polar surface area (TPSA) is 152 Å². The van der Waals surface area contributed by atoms with E-state index in [-0.39, 0.29) is 11.6 Å². The lowest BCUT2D eigenvalue weighted by molar-refractivity contribution is -0.382. The predicted molar refractivity (Wildman–Crippen MR) is 90.8 cm³/mol. The Kier molecular flexibility index (Phi) is 4.30. The van der Waals surface area contributed by atoms with E-state index in [9.17, 15) is 34.0 Å². The molecule has 142 valence electrons. The molecule has 0 spiro atoms. The molecule has 1 aliphatic carbocycles. The normalized spacial score (nSPS) is 14.7. The molecule has 1 atom stereocenters. The highest BCUT2D eigenvalue weighted by molar-refractivity contribution is 5.99. The number of aliphatic carboxylic acids is 1. The quantitative estimate of drug-likeness (QED) is 0.509. The molecule has 0 amide bonds. The van der Waals surface area contributed by atoms with Gasteiger partial charge in [-0.25, -0.2) is 9.18 Å². The predicted octanol–water partition coefficient (Wildman–Crippen LogP) is 1.97. The Hall–Kier alpha value is -3.50. The van der Waals surface area contributed by atoms with E-state index in [1.807, 2.05) is 0 Å². The average molecular weight is 379 g/mol. The van der Waals surface area contributed by atoms with Gasteiger partial charge in [0.15, 0.2) is 11.5 Å². The molecule has 1 aliphatic rings. The maximum Gasteiger partial charge on any atom is 0.341 e. The summed E-state index contributed by atoms with van der Waals surface area (Å²) in [6, 6.07) is -0.900. The summed E-state index contributed by atoms with van der Waals surface area (Å²) in [4.78, 5) is 45.6. The maximum atomic E-state index is 14.6. The second kappa shape index (κ2) is 6.34. The number of benzene rings is 1. The molecule has 3 N–H and O–H groups in total. The highest BCUT2D eigenvalue weighted by Crippen LogP contribution is 2.42. The van der Waals surface area contributed by atoms with Crippen molar-refractivity contribution in [3.05, 3.63) is 44.0 Å². The van der Waals surface area contributed by atoms with E-state index in [0.717, 1.165) is 6.20 Å². The minimum absolute atomic E-state index is 0.237. The van der Waals surface area contributed by atoms with Gasteiger partial charge in [-0.2, -0.15) is 0 Å². The van der Waals surface area contributed by atoms with Crippen LogP contribution in [-0.2, 0) is 4.79 Å². The zero-order chi connectivity index (χ0) is 20.0. The summed E-state index contributed by atoms with van der Waals surface area (Å²) in [6.45, 7) is 1.18. The van der Waals surface area contributed by atoms with E-state index in [2.05, 4.69) is 5.32 Å². The zero-order valence-corrected chi connectivity index (χ0v) is 13.9. The van der Waals surface area contributed by atoms with Gasteiger partial charge in [0.1, 0.15) is 17.1 Å². The van der Waals surface area contributed by atoms with Crippen LogP contribution < -0.4 is 10.7 Å². The van der Waals surface area contributed by atoms with Crippen molar-refractivity contribution in [3.8, 4) is 0 Å². The van der Waals surface area contributed by atoms with Crippen LogP contribution in [0.3, 0.4) is 0 Å². The number of aromatic nitrogens is 1. The molecular formula is C16H14FN3O7. The van der Waals surface area contributed by atoms with Crippen LogP contribution in [0.25, 0.3) is 10.9 Å². The molecule has 1 fully saturated rings. The molecule has 2 aromatic rings. The second-order valence-electron chi connectivity index (χ2n) is 6.26. The molecule has 3 rings (SSSR count). The number of hydrogen-bond acceptors (Lipinski definition) is 6. The molecule has 1 saturated carbocycles. The zero-order valence-electron chi connectivity index (χ0n) is 13.9. The third kappa shape index (κ3) is 3.07. The number of nitrogens with zero attached hydrogens (tertiary/aromatic N) is 2. The fourth-order valence-electron chi connectivity index (χ4n) is 2.85. The summed E-state index contributed by atoms with van der Waals surface area (Å²) >= 11 is 0. The number of carbonyl (C=O) groups is 2. The van der Waals surface area contributed by atoms with Crippen molar-refractivity contribution < 1.29 is 29.1 Å². The van der Waals surface area contributed by atoms with Gasteiger partial charge >= 0.3 is 17.6 Å². The smallest absolute Gasteiger partial charge is 0.341 e. The summed E-state index contributed by atoms with van der Waals surface area (Å²) in [5.74, 6) is -4.10. The maximum absolute atomic E-state index is 14.6. The SMILES string of the molecule is CC(Nc1c(F)cc2c(=O)c(C(=O)O)cn(C3CC3)c2c1[N+](=O)[O-])C(=O)O. The van der Waals surface area contributed by atoms with Crippen molar-refractivity contribution in [2.75, 3.05) is 5.32 Å². The summed E-state index contributed by atoms with van der Waals surface area (Å²) in [7, 11) is 0. The van der Waals surface area contributed by atoms with Crippen molar-refractivity contribution in [3.63, 3.8) is 0 Å². The van der Waals surface area contributed by atoms with Crippen LogP contribution in [0, 0.1) is 15.9 Å². The minimum atomic E-state index is -1.53. The first-order chi connectivity index (χ1) is 12.6. The third-order valence-corrected chi connectivity index (χ3v) is 4.33. The van der Waals surface area contributed by atoms with E-state index in [0.29, 0.717) is 18.9 Å². The molecule has 0 bridgehead atoms. The van der Waals surface area contributed by atoms with E-state index in [1.165, 1.54) is 11.5 Å². The van der Waals surface area contributed by atoms with Gasteiger partial charge in [0.05, 0.1) is 10.3 Å². The number of pyridine rings is 1. The Labute approximate surface area is 150 Å².